The van der Waals surface area contributed by atoms with Crippen molar-refractivity contribution >= 4 is 5.91 Å². The smallest absolute Gasteiger partial charge is 0.271 e. The first-order valence-electron chi connectivity index (χ1n) is 6.54. The van der Waals surface area contributed by atoms with Crippen molar-refractivity contribution < 1.29 is 4.79 Å². The Balaban J connectivity index is 2.05. The van der Waals surface area contributed by atoms with Gasteiger partial charge in [0.15, 0.2) is 0 Å². The van der Waals surface area contributed by atoms with E-state index in [0.29, 0.717) is 18.8 Å². The average Bonchev–Trinajstić information content (AvgIpc) is 2.99. The monoisotopic (exact) mass is 276 g/mol. The molecule has 1 unspecified atom stereocenters. The molecule has 0 saturated carbocycles. The Morgan fingerprint density at radius 2 is 2.30 bits per heavy atom. The third kappa shape index (κ3) is 2.88. The number of nitrogens with zero attached hydrogens (tertiary/aromatic N) is 4. The predicted octanol–water partition coefficient (Wildman–Crippen LogP) is 0.375. The van der Waals surface area contributed by atoms with E-state index in [4.69, 9.17) is 5.73 Å². The van der Waals surface area contributed by atoms with Gasteiger partial charge in [-0.2, -0.15) is 5.10 Å². The topological polar surface area (TPSA) is 90.8 Å². The number of carbonyl (C=O) groups is 1. The lowest BCUT2D eigenvalue weighted by atomic mass is 10.1. The molecule has 0 radical (unpaired) electrons. The Bertz CT molecular complexity index is 600. The molecule has 0 aliphatic heterocycles. The van der Waals surface area contributed by atoms with Crippen molar-refractivity contribution in [2.75, 3.05) is 6.54 Å². The van der Waals surface area contributed by atoms with Gasteiger partial charge in [-0.3, -0.25) is 9.48 Å². The maximum absolute atomic E-state index is 12.1. The molecular formula is C13H20N6O. The summed E-state index contributed by atoms with van der Waals surface area (Å²) in [5.41, 5.74) is 7.89. The van der Waals surface area contributed by atoms with Crippen LogP contribution in [0.5, 0.6) is 0 Å². The standard InChI is InChI=1S/C13H20N6O/c1-9(11-6-16-18(3)10(11)2)17-13(20)12-7-19(5-4-14)8-15-12/h6-9H,4-5,14H2,1-3H3,(H,17,20). The molecule has 2 rings (SSSR count). The van der Waals surface area contributed by atoms with Crippen molar-refractivity contribution in [3.05, 3.63) is 35.7 Å². The Morgan fingerprint density at radius 3 is 2.90 bits per heavy atom. The molecule has 0 spiro atoms. The summed E-state index contributed by atoms with van der Waals surface area (Å²) in [6, 6.07) is -0.115. The summed E-state index contributed by atoms with van der Waals surface area (Å²) in [6.45, 7) is 5.07. The summed E-state index contributed by atoms with van der Waals surface area (Å²) in [5.74, 6) is -0.198. The van der Waals surface area contributed by atoms with Crippen LogP contribution in [0.4, 0.5) is 0 Å². The molecule has 3 N–H and O–H groups in total. The van der Waals surface area contributed by atoms with Crippen molar-refractivity contribution in [1.82, 2.24) is 24.6 Å². The minimum Gasteiger partial charge on any atom is -0.344 e. The SMILES string of the molecule is Cc1c(C(C)NC(=O)c2cn(CCN)cn2)cnn1C. The lowest BCUT2D eigenvalue weighted by Gasteiger charge is -2.12. The first-order valence-corrected chi connectivity index (χ1v) is 6.54. The van der Waals surface area contributed by atoms with E-state index >= 15 is 0 Å². The number of rotatable bonds is 5. The van der Waals surface area contributed by atoms with Crippen molar-refractivity contribution in [1.29, 1.82) is 0 Å². The minimum atomic E-state index is -0.198. The first-order chi connectivity index (χ1) is 9.52. The summed E-state index contributed by atoms with van der Waals surface area (Å²) in [5, 5.41) is 7.10. The third-order valence-electron chi connectivity index (χ3n) is 3.34. The van der Waals surface area contributed by atoms with E-state index < -0.39 is 0 Å². The maximum Gasteiger partial charge on any atom is 0.271 e. The molecule has 1 amide bonds. The molecule has 0 aliphatic rings. The van der Waals surface area contributed by atoms with Gasteiger partial charge in [-0.1, -0.05) is 0 Å². The molecule has 20 heavy (non-hydrogen) atoms. The van der Waals surface area contributed by atoms with E-state index in [1.165, 1.54) is 0 Å². The molecule has 0 aromatic carbocycles. The second-order valence-corrected chi connectivity index (χ2v) is 4.79. The number of imidazole rings is 1. The number of nitrogens with two attached hydrogens (primary N) is 1. The second-order valence-electron chi connectivity index (χ2n) is 4.79. The molecule has 2 heterocycles. The highest BCUT2D eigenvalue weighted by molar-refractivity contribution is 5.92. The summed E-state index contributed by atoms with van der Waals surface area (Å²) >= 11 is 0. The highest BCUT2D eigenvalue weighted by atomic mass is 16.2. The molecule has 108 valence electrons. The van der Waals surface area contributed by atoms with Crippen LogP contribution in [0.2, 0.25) is 0 Å². The average molecular weight is 276 g/mol. The fraction of sp³-hybridized carbons (Fsp3) is 0.462. The second kappa shape index (κ2) is 5.87. The van der Waals surface area contributed by atoms with Gasteiger partial charge in [-0.15, -0.1) is 0 Å². The van der Waals surface area contributed by atoms with Crippen LogP contribution in [-0.4, -0.2) is 31.8 Å². The van der Waals surface area contributed by atoms with Crippen LogP contribution in [0.1, 0.15) is 34.7 Å². The lowest BCUT2D eigenvalue weighted by molar-refractivity contribution is 0.0935. The fourth-order valence-electron chi connectivity index (χ4n) is 2.04. The van der Waals surface area contributed by atoms with Gasteiger partial charge in [0, 0.05) is 37.6 Å². The van der Waals surface area contributed by atoms with Crippen LogP contribution in [0, 0.1) is 6.92 Å². The van der Waals surface area contributed by atoms with Gasteiger partial charge in [0.2, 0.25) is 0 Å². The van der Waals surface area contributed by atoms with Gasteiger partial charge in [-0.05, 0) is 13.8 Å². The maximum atomic E-state index is 12.1. The molecule has 1 atom stereocenters. The third-order valence-corrected chi connectivity index (χ3v) is 3.34. The van der Waals surface area contributed by atoms with Gasteiger partial charge in [0.25, 0.3) is 5.91 Å². The van der Waals surface area contributed by atoms with E-state index in [0.717, 1.165) is 11.3 Å². The number of hydrogen-bond acceptors (Lipinski definition) is 4. The van der Waals surface area contributed by atoms with Crippen LogP contribution in [-0.2, 0) is 13.6 Å². The largest absolute Gasteiger partial charge is 0.344 e. The summed E-state index contributed by atoms with van der Waals surface area (Å²) in [7, 11) is 1.88. The highest BCUT2D eigenvalue weighted by Crippen LogP contribution is 2.16. The molecule has 0 saturated heterocycles. The van der Waals surface area contributed by atoms with Crippen LogP contribution in [0.15, 0.2) is 18.7 Å². The number of aromatic nitrogens is 4. The number of hydrogen-bond donors (Lipinski definition) is 2. The normalized spacial score (nSPS) is 12.4. The number of aryl methyl sites for hydroxylation is 1. The highest BCUT2D eigenvalue weighted by Gasteiger charge is 2.16. The van der Waals surface area contributed by atoms with Gasteiger partial charge < -0.3 is 15.6 Å². The minimum absolute atomic E-state index is 0.115. The summed E-state index contributed by atoms with van der Waals surface area (Å²) in [6.07, 6.45) is 5.08. The Labute approximate surface area is 117 Å². The summed E-state index contributed by atoms with van der Waals surface area (Å²) < 4.78 is 3.59. The molecule has 7 heteroatoms. The molecule has 2 aromatic rings. The van der Waals surface area contributed by atoms with Crippen molar-refractivity contribution in [3.63, 3.8) is 0 Å². The molecule has 0 bridgehead atoms. The first kappa shape index (κ1) is 14.3. The van der Waals surface area contributed by atoms with E-state index in [1.54, 1.807) is 28.0 Å². The Morgan fingerprint density at radius 1 is 1.55 bits per heavy atom. The van der Waals surface area contributed by atoms with Crippen molar-refractivity contribution in [2.24, 2.45) is 12.8 Å². The number of carbonyl (C=O) groups excluding carboxylic acids is 1. The van der Waals surface area contributed by atoms with Gasteiger partial charge in [0.1, 0.15) is 5.69 Å². The van der Waals surface area contributed by atoms with Crippen LogP contribution >= 0.6 is 0 Å². The zero-order valence-corrected chi connectivity index (χ0v) is 12.0. The zero-order chi connectivity index (χ0) is 14.7. The van der Waals surface area contributed by atoms with Gasteiger partial charge in [0.05, 0.1) is 18.6 Å². The van der Waals surface area contributed by atoms with E-state index in [-0.39, 0.29) is 11.9 Å². The zero-order valence-electron chi connectivity index (χ0n) is 12.0. The molecule has 0 aliphatic carbocycles. The van der Waals surface area contributed by atoms with E-state index in [2.05, 4.69) is 15.4 Å². The number of nitrogens with one attached hydrogen (secondary N) is 1. The van der Waals surface area contributed by atoms with Crippen molar-refractivity contribution in [3.8, 4) is 0 Å². The lowest BCUT2D eigenvalue weighted by Crippen LogP contribution is -2.27. The summed E-state index contributed by atoms with van der Waals surface area (Å²) in [4.78, 5) is 16.2. The molecular weight excluding hydrogens is 256 g/mol. The van der Waals surface area contributed by atoms with Crippen LogP contribution < -0.4 is 11.1 Å². The molecule has 7 nitrogen and oxygen atoms in total. The van der Waals surface area contributed by atoms with Gasteiger partial charge in [-0.25, -0.2) is 4.98 Å². The number of amides is 1. The van der Waals surface area contributed by atoms with Gasteiger partial charge >= 0.3 is 0 Å². The van der Waals surface area contributed by atoms with E-state index in [1.807, 2.05) is 20.9 Å². The van der Waals surface area contributed by atoms with E-state index in [9.17, 15) is 4.79 Å². The van der Waals surface area contributed by atoms with Crippen LogP contribution in [0.25, 0.3) is 0 Å². The quantitative estimate of drug-likeness (QED) is 0.825. The Kier molecular flexibility index (Phi) is 4.19. The molecule has 0 fully saturated rings. The van der Waals surface area contributed by atoms with Crippen molar-refractivity contribution in [2.45, 2.75) is 26.4 Å². The Hall–Kier alpha value is -2.15. The van der Waals surface area contributed by atoms with Crippen LogP contribution in [0.3, 0.4) is 0 Å². The predicted molar refractivity (Wildman–Crippen MR) is 75.1 cm³/mol. The molecule has 2 aromatic heterocycles. The fourth-order valence-corrected chi connectivity index (χ4v) is 2.04.